The van der Waals surface area contributed by atoms with Gasteiger partial charge in [0.25, 0.3) is 0 Å². The second-order valence-corrected chi connectivity index (χ2v) is 12.1. The maximum atomic E-state index is 14.0. The summed E-state index contributed by atoms with van der Waals surface area (Å²) in [4.78, 5) is 43.3. The van der Waals surface area contributed by atoms with Gasteiger partial charge < -0.3 is 20.6 Å². The number of rotatable bonds is 9. The number of para-hydroxylation sites is 2. The number of nitrogens with one attached hydrogen (secondary N) is 2. The zero-order valence-electron chi connectivity index (χ0n) is 21.4. The van der Waals surface area contributed by atoms with E-state index in [2.05, 4.69) is 10.6 Å². The van der Waals surface area contributed by atoms with Crippen LogP contribution < -0.4 is 10.6 Å². The van der Waals surface area contributed by atoms with Gasteiger partial charge in [-0.3, -0.25) is 14.4 Å². The van der Waals surface area contributed by atoms with Crippen LogP contribution in [0.4, 0.5) is 11.4 Å². The van der Waals surface area contributed by atoms with E-state index in [-0.39, 0.29) is 29.6 Å². The fourth-order valence-corrected chi connectivity index (χ4v) is 8.73. The number of nitrogens with zero attached hydrogens (tertiary/aromatic N) is 1. The lowest BCUT2D eigenvalue weighted by atomic mass is 9.70. The third kappa shape index (κ3) is 4.55. The zero-order chi connectivity index (χ0) is 26.2. The number of anilines is 2. The Balaban J connectivity index is 1.45. The second kappa shape index (κ2) is 10.5. The molecule has 3 N–H and O–H groups in total. The highest BCUT2D eigenvalue weighted by atomic mass is 32.2. The lowest BCUT2D eigenvalue weighted by Gasteiger charge is -2.34. The molecule has 5 rings (SSSR count). The molecular formula is C29H35N3O4S. The third-order valence-electron chi connectivity index (χ3n) is 8.18. The Bertz CT molecular complexity index is 1170. The van der Waals surface area contributed by atoms with Gasteiger partial charge in [-0.15, -0.1) is 11.8 Å². The molecular weight excluding hydrogens is 486 g/mol. The first-order valence-corrected chi connectivity index (χ1v) is 14.1. The molecule has 0 aromatic heterocycles. The molecule has 3 amide bonds. The maximum absolute atomic E-state index is 14.0. The lowest BCUT2D eigenvalue weighted by Crippen LogP contribution is -2.51. The molecule has 3 aliphatic heterocycles. The number of hydrogen-bond donors (Lipinski definition) is 3. The average molecular weight is 522 g/mol. The predicted octanol–water partition coefficient (Wildman–Crippen LogP) is 4.13. The summed E-state index contributed by atoms with van der Waals surface area (Å²) < 4.78 is -0.613. The molecule has 0 aliphatic carbocycles. The Morgan fingerprint density at radius 2 is 1.73 bits per heavy atom. The molecule has 196 valence electrons. The fourth-order valence-electron chi connectivity index (χ4n) is 6.52. The van der Waals surface area contributed by atoms with Crippen LogP contribution >= 0.6 is 11.8 Å². The highest BCUT2D eigenvalue weighted by Gasteiger charge is 2.73. The smallest absolute Gasteiger partial charge is 0.248 e. The van der Waals surface area contributed by atoms with Crippen molar-refractivity contribution >= 4 is 40.9 Å². The normalized spacial score (nSPS) is 27.9. The highest BCUT2D eigenvalue weighted by molar-refractivity contribution is 8.02. The summed E-state index contributed by atoms with van der Waals surface area (Å²) in [5.41, 5.74) is 3.45. The molecule has 3 heterocycles. The van der Waals surface area contributed by atoms with Gasteiger partial charge in [-0.05, 0) is 69.2 Å². The van der Waals surface area contributed by atoms with Gasteiger partial charge in [0.1, 0.15) is 6.04 Å². The second-order valence-electron chi connectivity index (χ2n) is 10.5. The number of aliphatic hydroxyl groups excluding tert-OH is 1. The SMILES string of the molecule is Cc1cccc(C)c1NC(=O)C1N(CCCCCO)C(=O)[C@@H]2[C@H](C(=O)Nc3ccccc3)[C@@H]3CCC12S3. The van der Waals surface area contributed by atoms with Crippen LogP contribution in [0.25, 0.3) is 0 Å². The molecule has 3 saturated heterocycles. The number of benzene rings is 2. The van der Waals surface area contributed by atoms with Crippen LogP contribution in [0.1, 0.15) is 43.2 Å². The number of amides is 3. The van der Waals surface area contributed by atoms with Crippen molar-refractivity contribution in [1.82, 2.24) is 4.90 Å². The molecule has 37 heavy (non-hydrogen) atoms. The Kier molecular flexibility index (Phi) is 7.32. The largest absolute Gasteiger partial charge is 0.396 e. The minimum absolute atomic E-state index is 0.0182. The number of aliphatic hydroxyl groups is 1. The zero-order valence-corrected chi connectivity index (χ0v) is 22.2. The van der Waals surface area contributed by atoms with Gasteiger partial charge in [-0.2, -0.15) is 0 Å². The molecule has 3 aliphatic rings. The van der Waals surface area contributed by atoms with Gasteiger partial charge in [0.2, 0.25) is 17.7 Å². The van der Waals surface area contributed by atoms with E-state index in [1.165, 1.54) is 0 Å². The van der Waals surface area contributed by atoms with Crippen LogP contribution in [-0.2, 0) is 14.4 Å². The minimum Gasteiger partial charge on any atom is -0.396 e. The van der Waals surface area contributed by atoms with E-state index in [1.807, 2.05) is 62.4 Å². The number of carbonyl (C=O) groups is 3. The molecule has 5 atom stereocenters. The van der Waals surface area contributed by atoms with E-state index in [1.54, 1.807) is 16.7 Å². The first-order valence-electron chi connectivity index (χ1n) is 13.2. The summed E-state index contributed by atoms with van der Waals surface area (Å²) in [5.74, 6) is -1.39. The maximum Gasteiger partial charge on any atom is 0.248 e. The van der Waals surface area contributed by atoms with Crippen LogP contribution in [0.15, 0.2) is 48.5 Å². The molecule has 3 fully saturated rings. The summed E-state index contributed by atoms with van der Waals surface area (Å²) in [7, 11) is 0. The highest BCUT2D eigenvalue weighted by Crippen LogP contribution is 2.66. The van der Waals surface area contributed by atoms with E-state index < -0.39 is 22.6 Å². The summed E-state index contributed by atoms with van der Waals surface area (Å²) >= 11 is 1.68. The van der Waals surface area contributed by atoms with Gasteiger partial charge in [0.05, 0.1) is 16.6 Å². The van der Waals surface area contributed by atoms with Crippen LogP contribution in [0, 0.1) is 25.7 Å². The number of aryl methyl sites for hydroxylation is 2. The van der Waals surface area contributed by atoms with Crippen molar-refractivity contribution in [3.8, 4) is 0 Å². The predicted molar refractivity (Wildman–Crippen MR) is 146 cm³/mol. The number of likely N-dealkylation sites (tertiary alicyclic amines) is 1. The first-order chi connectivity index (χ1) is 17.9. The van der Waals surface area contributed by atoms with Crippen molar-refractivity contribution in [1.29, 1.82) is 0 Å². The minimum atomic E-state index is -0.636. The van der Waals surface area contributed by atoms with Crippen molar-refractivity contribution in [3.63, 3.8) is 0 Å². The van der Waals surface area contributed by atoms with Crippen LogP contribution in [0.2, 0.25) is 0 Å². The van der Waals surface area contributed by atoms with Crippen molar-refractivity contribution in [2.24, 2.45) is 11.8 Å². The molecule has 0 radical (unpaired) electrons. The van der Waals surface area contributed by atoms with Crippen LogP contribution in [-0.4, -0.2) is 56.9 Å². The molecule has 8 heteroatoms. The molecule has 2 bridgehead atoms. The first kappa shape index (κ1) is 25.8. The van der Waals surface area contributed by atoms with Crippen molar-refractivity contribution in [3.05, 3.63) is 59.7 Å². The number of thioether (sulfide) groups is 1. The molecule has 1 spiro atoms. The van der Waals surface area contributed by atoms with Crippen molar-refractivity contribution in [2.45, 2.75) is 62.0 Å². The average Bonchev–Trinajstić information content (AvgIpc) is 3.52. The number of hydrogen-bond acceptors (Lipinski definition) is 5. The quantitative estimate of drug-likeness (QED) is 0.431. The molecule has 2 aromatic carbocycles. The molecule has 2 aromatic rings. The fraction of sp³-hybridized carbons (Fsp3) is 0.483. The van der Waals surface area contributed by atoms with Crippen molar-refractivity contribution < 1.29 is 19.5 Å². The van der Waals surface area contributed by atoms with Crippen molar-refractivity contribution in [2.75, 3.05) is 23.8 Å². The van der Waals surface area contributed by atoms with E-state index in [0.29, 0.717) is 25.1 Å². The standard InChI is InChI=1S/C29H35N3O4S/c1-18-10-9-11-19(2)24(18)31-27(35)25-29-15-14-21(37-29)22(26(34)30-20-12-5-3-6-13-20)23(29)28(36)32(25)16-7-4-8-17-33/h3,5-6,9-13,21-23,25,33H,4,7-8,14-17H2,1-2H3,(H,30,34)(H,31,35)/t21-,22+,23-,25?,29?/m0/s1. The summed E-state index contributed by atoms with van der Waals surface area (Å²) in [5, 5.41) is 15.4. The molecule has 7 nitrogen and oxygen atoms in total. The number of fused-ring (bicyclic) bond motifs is 1. The third-order valence-corrected chi connectivity index (χ3v) is 10.1. The Morgan fingerprint density at radius 1 is 1.00 bits per heavy atom. The van der Waals surface area contributed by atoms with Gasteiger partial charge in [-0.25, -0.2) is 0 Å². The van der Waals surface area contributed by atoms with Gasteiger partial charge >= 0.3 is 0 Å². The van der Waals surface area contributed by atoms with Gasteiger partial charge in [-0.1, -0.05) is 36.4 Å². The summed E-state index contributed by atoms with van der Waals surface area (Å²) in [6.07, 6.45) is 3.70. The van der Waals surface area contributed by atoms with Gasteiger partial charge in [0, 0.05) is 29.8 Å². The Hall–Kier alpha value is -2.84. The van der Waals surface area contributed by atoms with E-state index in [9.17, 15) is 19.5 Å². The van der Waals surface area contributed by atoms with E-state index in [4.69, 9.17) is 0 Å². The monoisotopic (exact) mass is 521 g/mol. The molecule has 0 saturated carbocycles. The molecule has 2 unspecified atom stereocenters. The number of carbonyl (C=O) groups excluding carboxylic acids is 3. The topological polar surface area (TPSA) is 98.7 Å². The van der Waals surface area contributed by atoms with E-state index in [0.717, 1.165) is 36.1 Å². The van der Waals surface area contributed by atoms with Crippen LogP contribution in [0.5, 0.6) is 0 Å². The lowest BCUT2D eigenvalue weighted by molar-refractivity contribution is -0.138. The number of unbranched alkanes of at least 4 members (excludes halogenated alkanes) is 2. The van der Waals surface area contributed by atoms with Crippen LogP contribution in [0.3, 0.4) is 0 Å². The Morgan fingerprint density at radius 3 is 2.43 bits per heavy atom. The summed E-state index contributed by atoms with van der Waals surface area (Å²) in [6.45, 7) is 4.49. The Labute approximate surface area is 222 Å². The van der Waals surface area contributed by atoms with Gasteiger partial charge in [0.15, 0.2) is 0 Å². The van der Waals surface area contributed by atoms with E-state index >= 15 is 0 Å². The summed E-state index contributed by atoms with van der Waals surface area (Å²) in [6, 6.07) is 14.6.